The SMILES string of the molecule is CCC(O)C([N+](=O)[O-])S(=O)(=O)c1ccccc1. The Balaban J connectivity index is 3.24. The normalized spacial score (nSPS) is 15.2. The maximum absolute atomic E-state index is 12.0. The molecule has 17 heavy (non-hydrogen) atoms. The standard InChI is InChI=1S/C10H13NO5S/c1-2-9(12)10(11(13)14)17(15,16)8-6-4-3-5-7-8/h3-7,9-10,12H,2H2,1H3. The fourth-order valence-electron chi connectivity index (χ4n) is 1.41. The maximum atomic E-state index is 12.0. The Labute approximate surface area is 99.0 Å². The Morgan fingerprint density at radius 3 is 2.29 bits per heavy atom. The molecule has 2 unspecified atom stereocenters. The zero-order valence-corrected chi connectivity index (χ0v) is 10.0. The molecule has 0 spiro atoms. The monoisotopic (exact) mass is 259 g/mol. The second-order valence-corrected chi connectivity index (χ2v) is 5.55. The number of hydrogen-bond donors (Lipinski definition) is 1. The molecule has 0 fully saturated rings. The molecule has 1 rings (SSSR count). The van der Waals surface area contributed by atoms with Gasteiger partial charge < -0.3 is 5.11 Å². The van der Waals surface area contributed by atoms with Gasteiger partial charge in [-0.1, -0.05) is 25.1 Å². The summed E-state index contributed by atoms with van der Waals surface area (Å²) in [6, 6.07) is 7.10. The van der Waals surface area contributed by atoms with Gasteiger partial charge in [0.2, 0.25) is 9.84 Å². The highest BCUT2D eigenvalue weighted by Gasteiger charge is 2.42. The molecule has 1 aromatic carbocycles. The highest BCUT2D eigenvalue weighted by molar-refractivity contribution is 7.91. The number of aliphatic hydroxyl groups excluding tert-OH is 1. The first-order valence-corrected chi connectivity index (χ1v) is 6.56. The molecule has 0 aliphatic carbocycles. The van der Waals surface area contributed by atoms with Crippen molar-refractivity contribution in [1.82, 2.24) is 0 Å². The van der Waals surface area contributed by atoms with Gasteiger partial charge in [-0.05, 0) is 18.6 Å². The van der Waals surface area contributed by atoms with Gasteiger partial charge in [-0.25, -0.2) is 8.42 Å². The van der Waals surface area contributed by atoms with Crippen LogP contribution in [-0.2, 0) is 9.84 Å². The molecule has 7 heteroatoms. The number of nitrogens with zero attached hydrogens (tertiary/aromatic N) is 1. The van der Waals surface area contributed by atoms with Crippen molar-refractivity contribution < 1.29 is 18.4 Å². The average molecular weight is 259 g/mol. The van der Waals surface area contributed by atoms with Gasteiger partial charge in [-0.2, -0.15) is 0 Å². The zero-order valence-electron chi connectivity index (χ0n) is 9.18. The van der Waals surface area contributed by atoms with Crippen LogP contribution in [0.15, 0.2) is 35.2 Å². The summed E-state index contributed by atoms with van der Waals surface area (Å²) in [4.78, 5) is 9.67. The van der Waals surface area contributed by atoms with E-state index in [9.17, 15) is 23.6 Å². The summed E-state index contributed by atoms with van der Waals surface area (Å²) in [7, 11) is -4.16. The predicted octanol–water partition coefficient (Wildman–Crippen LogP) is 0.834. The van der Waals surface area contributed by atoms with Gasteiger partial charge in [0.1, 0.15) is 6.10 Å². The molecule has 0 saturated carbocycles. The number of aliphatic hydroxyl groups is 1. The molecule has 0 aliphatic heterocycles. The number of rotatable bonds is 5. The van der Waals surface area contributed by atoms with Gasteiger partial charge in [0.25, 0.3) is 0 Å². The summed E-state index contributed by atoms with van der Waals surface area (Å²) in [5, 5.41) is 18.2. The third-order valence-corrected chi connectivity index (χ3v) is 4.40. The van der Waals surface area contributed by atoms with Crippen molar-refractivity contribution in [2.75, 3.05) is 0 Å². The molecule has 0 aromatic heterocycles. The highest BCUT2D eigenvalue weighted by Crippen LogP contribution is 2.20. The topological polar surface area (TPSA) is 97.5 Å². The Morgan fingerprint density at radius 2 is 1.88 bits per heavy atom. The molecule has 94 valence electrons. The lowest BCUT2D eigenvalue weighted by Gasteiger charge is -2.14. The van der Waals surface area contributed by atoms with E-state index in [1.807, 2.05) is 0 Å². The van der Waals surface area contributed by atoms with E-state index in [4.69, 9.17) is 0 Å². The molecular formula is C10H13NO5S. The maximum Gasteiger partial charge on any atom is 0.339 e. The van der Waals surface area contributed by atoms with Gasteiger partial charge in [-0.3, -0.25) is 10.1 Å². The molecule has 1 N–H and O–H groups in total. The van der Waals surface area contributed by atoms with Gasteiger partial charge in [0, 0.05) is 4.92 Å². The number of nitro groups is 1. The van der Waals surface area contributed by atoms with Crippen LogP contribution in [0.3, 0.4) is 0 Å². The molecule has 0 saturated heterocycles. The minimum Gasteiger partial charge on any atom is -0.385 e. The van der Waals surface area contributed by atoms with E-state index in [0.29, 0.717) is 0 Å². The molecule has 0 aliphatic rings. The molecule has 0 heterocycles. The van der Waals surface area contributed by atoms with Crippen LogP contribution in [0.1, 0.15) is 13.3 Å². The average Bonchev–Trinajstić information content (AvgIpc) is 2.29. The van der Waals surface area contributed by atoms with Crippen LogP contribution < -0.4 is 0 Å². The third kappa shape index (κ3) is 2.80. The Bertz CT molecular complexity index is 485. The van der Waals surface area contributed by atoms with E-state index in [2.05, 4.69) is 0 Å². The predicted molar refractivity (Wildman–Crippen MR) is 60.7 cm³/mol. The van der Waals surface area contributed by atoms with Crippen molar-refractivity contribution in [3.8, 4) is 0 Å². The van der Waals surface area contributed by atoms with Crippen LogP contribution in [0.4, 0.5) is 0 Å². The molecule has 6 nitrogen and oxygen atoms in total. The number of benzene rings is 1. The first-order chi connectivity index (χ1) is 7.91. The summed E-state index contributed by atoms with van der Waals surface area (Å²) >= 11 is 0. The second kappa shape index (κ2) is 5.24. The smallest absolute Gasteiger partial charge is 0.339 e. The van der Waals surface area contributed by atoms with Crippen molar-refractivity contribution >= 4 is 9.84 Å². The van der Waals surface area contributed by atoms with Crippen LogP contribution in [-0.4, -0.2) is 29.9 Å². The third-order valence-electron chi connectivity index (χ3n) is 2.34. The fraction of sp³-hybridized carbons (Fsp3) is 0.400. The Hall–Kier alpha value is -1.47. The molecule has 0 amide bonds. The highest BCUT2D eigenvalue weighted by atomic mass is 32.2. The summed E-state index contributed by atoms with van der Waals surface area (Å²) < 4.78 is 23.9. The van der Waals surface area contributed by atoms with Gasteiger partial charge >= 0.3 is 5.37 Å². The zero-order chi connectivity index (χ0) is 13.1. The van der Waals surface area contributed by atoms with Crippen molar-refractivity contribution in [2.45, 2.75) is 29.7 Å². The lowest BCUT2D eigenvalue weighted by atomic mass is 10.3. The fourth-order valence-corrected chi connectivity index (χ4v) is 3.06. The second-order valence-electron chi connectivity index (χ2n) is 3.51. The summed E-state index contributed by atoms with van der Waals surface area (Å²) in [6.07, 6.45) is -1.52. The van der Waals surface area contributed by atoms with E-state index in [0.717, 1.165) is 0 Å². The molecular weight excluding hydrogens is 246 g/mol. The molecule has 0 radical (unpaired) electrons. The number of hydrogen-bond acceptors (Lipinski definition) is 5. The van der Waals surface area contributed by atoms with Crippen LogP contribution in [0.2, 0.25) is 0 Å². The molecule has 0 bridgehead atoms. The van der Waals surface area contributed by atoms with E-state index >= 15 is 0 Å². The first-order valence-electron chi connectivity index (χ1n) is 5.01. The number of sulfone groups is 1. The van der Waals surface area contributed by atoms with Crippen LogP contribution in [0, 0.1) is 10.1 Å². The quantitative estimate of drug-likeness (QED) is 0.624. The van der Waals surface area contributed by atoms with Crippen LogP contribution >= 0.6 is 0 Å². The van der Waals surface area contributed by atoms with Gasteiger partial charge in [0.05, 0.1) is 4.90 Å². The van der Waals surface area contributed by atoms with Crippen LogP contribution in [0.5, 0.6) is 0 Å². The lowest BCUT2D eigenvalue weighted by Crippen LogP contribution is -2.40. The van der Waals surface area contributed by atoms with Crippen LogP contribution in [0.25, 0.3) is 0 Å². The largest absolute Gasteiger partial charge is 0.385 e. The Morgan fingerprint density at radius 1 is 1.35 bits per heavy atom. The summed E-state index contributed by atoms with van der Waals surface area (Å²) in [6.45, 7) is 1.49. The molecule has 1 aromatic rings. The minimum atomic E-state index is -4.16. The van der Waals surface area contributed by atoms with Crippen molar-refractivity contribution in [1.29, 1.82) is 0 Å². The first kappa shape index (κ1) is 13.6. The van der Waals surface area contributed by atoms with E-state index in [-0.39, 0.29) is 11.3 Å². The summed E-state index contributed by atoms with van der Waals surface area (Å²) in [5.41, 5.74) is 0. The Kier molecular flexibility index (Phi) is 4.19. The molecule has 2 atom stereocenters. The van der Waals surface area contributed by atoms with E-state index < -0.39 is 26.2 Å². The lowest BCUT2D eigenvalue weighted by molar-refractivity contribution is -0.508. The van der Waals surface area contributed by atoms with Crippen molar-refractivity contribution in [3.63, 3.8) is 0 Å². The van der Waals surface area contributed by atoms with E-state index in [1.54, 1.807) is 6.07 Å². The van der Waals surface area contributed by atoms with Crippen molar-refractivity contribution in [2.24, 2.45) is 0 Å². The van der Waals surface area contributed by atoms with Crippen molar-refractivity contribution in [3.05, 3.63) is 40.4 Å². The van der Waals surface area contributed by atoms with Gasteiger partial charge in [0.15, 0.2) is 0 Å². The minimum absolute atomic E-state index is 0.00227. The van der Waals surface area contributed by atoms with Gasteiger partial charge in [-0.15, -0.1) is 0 Å². The summed E-state index contributed by atoms with van der Waals surface area (Å²) in [5.74, 6) is 0. The van der Waals surface area contributed by atoms with E-state index in [1.165, 1.54) is 31.2 Å².